The van der Waals surface area contributed by atoms with Gasteiger partial charge in [-0.05, 0) is 29.8 Å². The molecule has 2 aromatic carbocycles. The van der Waals surface area contributed by atoms with Gasteiger partial charge < -0.3 is 15.0 Å². The van der Waals surface area contributed by atoms with Gasteiger partial charge in [-0.3, -0.25) is 4.79 Å². The molecule has 1 aliphatic heterocycles. The lowest BCUT2D eigenvalue weighted by molar-refractivity contribution is -0.909. The van der Waals surface area contributed by atoms with Crippen LogP contribution in [-0.4, -0.2) is 44.5 Å². The van der Waals surface area contributed by atoms with Gasteiger partial charge in [-0.25, -0.2) is 4.39 Å². The number of ether oxygens (including phenoxy) is 1. The summed E-state index contributed by atoms with van der Waals surface area (Å²) in [6, 6.07) is 16.3. The van der Waals surface area contributed by atoms with Crippen molar-refractivity contribution in [1.29, 1.82) is 0 Å². The number of hydrogen-bond donors (Lipinski definition) is 2. The summed E-state index contributed by atoms with van der Waals surface area (Å²) in [5, 5.41) is 3.17. The number of quaternary nitrogens is 1. The molecule has 138 valence electrons. The molecule has 0 radical (unpaired) electrons. The summed E-state index contributed by atoms with van der Waals surface area (Å²) in [6.07, 6.45) is 0. The van der Waals surface area contributed by atoms with Crippen molar-refractivity contribution < 1.29 is 18.8 Å². The molecule has 1 heterocycles. The van der Waals surface area contributed by atoms with Gasteiger partial charge in [0, 0.05) is 4.90 Å². The molecule has 0 unspecified atom stereocenters. The topological polar surface area (TPSA) is 42.8 Å². The zero-order valence-corrected chi connectivity index (χ0v) is 15.4. The lowest BCUT2D eigenvalue weighted by Crippen LogP contribution is -3.14. The van der Waals surface area contributed by atoms with Crippen molar-refractivity contribution in [3.63, 3.8) is 0 Å². The number of carbonyl (C=O) groups excluding carboxylic acids is 1. The Hall–Kier alpha value is -1.89. The number of halogens is 1. The fourth-order valence-electron chi connectivity index (χ4n) is 3.01. The first-order valence-electron chi connectivity index (χ1n) is 8.85. The van der Waals surface area contributed by atoms with Crippen LogP contribution in [0.2, 0.25) is 0 Å². The Kier molecular flexibility index (Phi) is 7.05. The molecule has 2 N–H and O–H groups in total. The third-order valence-electron chi connectivity index (χ3n) is 4.41. The Morgan fingerprint density at radius 3 is 2.50 bits per heavy atom. The van der Waals surface area contributed by atoms with E-state index in [4.69, 9.17) is 4.74 Å². The van der Waals surface area contributed by atoms with Gasteiger partial charge in [0.1, 0.15) is 31.5 Å². The van der Waals surface area contributed by atoms with E-state index in [1.165, 1.54) is 28.8 Å². The van der Waals surface area contributed by atoms with Crippen LogP contribution in [0.15, 0.2) is 59.5 Å². The van der Waals surface area contributed by atoms with E-state index in [2.05, 4.69) is 17.4 Å². The summed E-state index contributed by atoms with van der Waals surface area (Å²) in [5.41, 5.74) is 1.12. The van der Waals surface area contributed by atoms with Crippen LogP contribution in [0.25, 0.3) is 0 Å². The van der Waals surface area contributed by atoms with Crippen molar-refractivity contribution in [1.82, 2.24) is 5.32 Å². The van der Waals surface area contributed by atoms with Crippen molar-refractivity contribution in [2.75, 3.05) is 38.6 Å². The molecular weight excluding hydrogens is 351 g/mol. The molecule has 1 fully saturated rings. The molecule has 0 saturated carbocycles. The summed E-state index contributed by atoms with van der Waals surface area (Å²) in [7, 11) is 0. The highest BCUT2D eigenvalue weighted by atomic mass is 32.2. The lowest BCUT2D eigenvalue weighted by atomic mass is 10.1. The molecule has 1 amide bonds. The Balaban J connectivity index is 1.58. The Labute approximate surface area is 157 Å². The molecule has 0 spiro atoms. The normalized spacial score (nSPS) is 16.2. The molecule has 1 atom stereocenters. The van der Waals surface area contributed by atoms with E-state index >= 15 is 0 Å². The van der Waals surface area contributed by atoms with Gasteiger partial charge in [0.2, 0.25) is 5.91 Å². The molecule has 6 heteroatoms. The predicted molar refractivity (Wildman–Crippen MR) is 101 cm³/mol. The molecule has 4 nitrogen and oxygen atoms in total. The third kappa shape index (κ3) is 5.83. The highest BCUT2D eigenvalue weighted by Gasteiger charge is 2.22. The minimum Gasteiger partial charge on any atom is -0.370 e. The van der Waals surface area contributed by atoms with Crippen LogP contribution in [0.3, 0.4) is 0 Å². The van der Waals surface area contributed by atoms with Crippen molar-refractivity contribution in [3.05, 3.63) is 66.0 Å². The van der Waals surface area contributed by atoms with E-state index in [9.17, 15) is 9.18 Å². The zero-order chi connectivity index (χ0) is 18.2. The fraction of sp³-hybridized carbons (Fsp3) is 0.350. The van der Waals surface area contributed by atoms with E-state index in [0.717, 1.165) is 43.3 Å². The highest BCUT2D eigenvalue weighted by Crippen LogP contribution is 2.18. The molecule has 3 rings (SSSR count). The van der Waals surface area contributed by atoms with Crippen LogP contribution in [-0.2, 0) is 9.53 Å². The summed E-state index contributed by atoms with van der Waals surface area (Å²) in [4.78, 5) is 14.8. The van der Waals surface area contributed by atoms with Gasteiger partial charge >= 0.3 is 0 Å². The van der Waals surface area contributed by atoms with Gasteiger partial charge in [-0.2, -0.15) is 0 Å². The summed E-state index contributed by atoms with van der Waals surface area (Å²) in [5.74, 6) is 0.0326. The van der Waals surface area contributed by atoms with Gasteiger partial charge in [-0.1, -0.05) is 30.3 Å². The largest absolute Gasteiger partial charge is 0.370 e. The Morgan fingerprint density at radius 1 is 1.12 bits per heavy atom. The van der Waals surface area contributed by atoms with Crippen molar-refractivity contribution in [3.8, 4) is 0 Å². The predicted octanol–water partition coefficient (Wildman–Crippen LogP) is 1.69. The summed E-state index contributed by atoms with van der Waals surface area (Å²) < 4.78 is 18.4. The number of morpholine rings is 1. The molecule has 0 aliphatic carbocycles. The van der Waals surface area contributed by atoms with E-state index in [-0.39, 0.29) is 17.8 Å². The van der Waals surface area contributed by atoms with Crippen molar-refractivity contribution in [2.45, 2.75) is 10.9 Å². The molecule has 2 aromatic rings. The second kappa shape index (κ2) is 9.71. The van der Waals surface area contributed by atoms with Crippen LogP contribution in [0.1, 0.15) is 11.6 Å². The molecule has 1 saturated heterocycles. The second-order valence-corrected chi connectivity index (χ2v) is 7.39. The van der Waals surface area contributed by atoms with Crippen LogP contribution >= 0.6 is 11.8 Å². The first-order chi connectivity index (χ1) is 12.7. The number of amides is 1. The molecule has 26 heavy (non-hydrogen) atoms. The third-order valence-corrected chi connectivity index (χ3v) is 5.43. The lowest BCUT2D eigenvalue weighted by Gasteiger charge is -2.28. The Morgan fingerprint density at radius 2 is 1.81 bits per heavy atom. The van der Waals surface area contributed by atoms with Crippen molar-refractivity contribution >= 4 is 17.7 Å². The monoisotopic (exact) mass is 375 g/mol. The highest BCUT2D eigenvalue weighted by molar-refractivity contribution is 8.00. The first-order valence-corrected chi connectivity index (χ1v) is 9.83. The van der Waals surface area contributed by atoms with Gasteiger partial charge in [0.25, 0.3) is 0 Å². The quantitative estimate of drug-likeness (QED) is 0.724. The summed E-state index contributed by atoms with van der Waals surface area (Å²) >= 11 is 1.41. The van der Waals surface area contributed by atoms with Crippen LogP contribution < -0.4 is 10.2 Å². The number of carbonyl (C=O) groups is 1. The van der Waals surface area contributed by atoms with E-state index < -0.39 is 0 Å². The summed E-state index contributed by atoms with van der Waals surface area (Å²) in [6.45, 7) is 4.31. The van der Waals surface area contributed by atoms with Gasteiger partial charge in [-0.15, -0.1) is 11.8 Å². The number of nitrogens with one attached hydrogen (secondary N) is 2. The smallest absolute Gasteiger partial charge is 0.231 e. The van der Waals surface area contributed by atoms with E-state index in [1.54, 1.807) is 12.1 Å². The molecule has 0 aromatic heterocycles. The molecule has 1 aliphatic rings. The van der Waals surface area contributed by atoms with Crippen LogP contribution in [0.5, 0.6) is 0 Å². The van der Waals surface area contributed by atoms with Crippen LogP contribution in [0, 0.1) is 5.82 Å². The van der Waals surface area contributed by atoms with Gasteiger partial charge in [0.05, 0.1) is 19.0 Å². The standard InChI is InChI=1S/C20H23FN2O2S/c21-17-6-8-18(9-7-17)26-15-20(24)22-19(16-4-2-1-3-5-16)14-23-10-12-25-13-11-23/h1-9,19H,10-15H2,(H,22,24)/p+1/t19-/m1/s1. The van der Waals surface area contributed by atoms with Crippen molar-refractivity contribution in [2.24, 2.45) is 0 Å². The van der Waals surface area contributed by atoms with Crippen LogP contribution in [0.4, 0.5) is 4.39 Å². The van der Waals surface area contributed by atoms with Gasteiger partial charge in [0.15, 0.2) is 0 Å². The maximum absolute atomic E-state index is 13.0. The van der Waals surface area contributed by atoms with E-state index in [0.29, 0.717) is 5.75 Å². The number of benzene rings is 2. The maximum Gasteiger partial charge on any atom is 0.231 e. The number of hydrogen-bond acceptors (Lipinski definition) is 3. The second-order valence-electron chi connectivity index (χ2n) is 6.34. The zero-order valence-electron chi connectivity index (χ0n) is 14.6. The minimum absolute atomic E-state index is 0.0131. The first kappa shape index (κ1) is 18.9. The number of rotatable bonds is 7. The molecular formula is C20H24FN2O2S+. The minimum atomic E-state index is -0.267. The average molecular weight is 375 g/mol. The van der Waals surface area contributed by atoms with E-state index in [1.807, 2.05) is 18.2 Å². The fourth-order valence-corrected chi connectivity index (χ4v) is 3.72. The Bertz CT molecular complexity index is 691. The number of thioether (sulfide) groups is 1. The SMILES string of the molecule is O=C(CSc1ccc(F)cc1)N[C@H](C[NH+]1CCOCC1)c1ccccc1. The maximum atomic E-state index is 13.0. The average Bonchev–Trinajstić information content (AvgIpc) is 2.68. The molecule has 0 bridgehead atoms.